The monoisotopic (exact) mass is 365 g/mol. The van der Waals surface area contributed by atoms with Crippen molar-refractivity contribution in [1.82, 2.24) is 20.0 Å². The number of anilines is 1. The van der Waals surface area contributed by atoms with Crippen LogP contribution < -0.4 is 5.32 Å². The third kappa shape index (κ3) is 5.72. The van der Waals surface area contributed by atoms with Gasteiger partial charge in [0.25, 0.3) is 0 Å². The van der Waals surface area contributed by atoms with Gasteiger partial charge in [-0.3, -0.25) is 19.9 Å². The summed E-state index contributed by atoms with van der Waals surface area (Å²) in [6.45, 7) is 6.85. The second kappa shape index (κ2) is 9.59. The molecule has 1 aromatic heterocycles. The van der Waals surface area contributed by atoms with E-state index in [9.17, 15) is 4.79 Å². The number of rotatable bonds is 6. The number of nitrogens with one attached hydrogen (secondary N) is 1. The molecule has 0 atom stereocenters. The topological polar surface area (TPSA) is 61.4 Å². The Bertz CT molecular complexity index is 543. The van der Waals surface area contributed by atoms with E-state index in [-0.39, 0.29) is 5.91 Å². The second-order valence-electron chi connectivity index (χ2n) is 7.26. The van der Waals surface area contributed by atoms with Crippen molar-refractivity contribution in [2.75, 3.05) is 38.0 Å². The summed E-state index contributed by atoms with van der Waals surface area (Å²) in [4.78, 5) is 17.3. The minimum absolute atomic E-state index is 0.0327. The highest BCUT2D eigenvalue weighted by molar-refractivity contribution is 7.15. The van der Waals surface area contributed by atoms with E-state index in [2.05, 4.69) is 32.2 Å². The fraction of sp³-hybridized carbons (Fsp3) is 0.833. The molecule has 0 spiro atoms. The molecule has 1 aliphatic heterocycles. The smallest absolute Gasteiger partial charge is 0.240 e. The first-order valence-electron chi connectivity index (χ1n) is 9.83. The van der Waals surface area contributed by atoms with Gasteiger partial charge in [-0.25, -0.2) is 0 Å². The van der Waals surface area contributed by atoms with Gasteiger partial charge in [0, 0.05) is 25.6 Å². The van der Waals surface area contributed by atoms with Crippen LogP contribution in [0.3, 0.4) is 0 Å². The van der Waals surface area contributed by atoms with Crippen molar-refractivity contribution in [3.8, 4) is 0 Å². The van der Waals surface area contributed by atoms with Crippen LogP contribution in [0, 0.1) is 0 Å². The van der Waals surface area contributed by atoms with E-state index in [1.54, 1.807) is 0 Å². The highest BCUT2D eigenvalue weighted by Crippen LogP contribution is 2.23. The number of carbonyl (C=O) groups is 1. The largest absolute Gasteiger partial charge is 0.299 e. The first-order valence-corrected chi connectivity index (χ1v) is 10.6. The lowest BCUT2D eigenvalue weighted by molar-refractivity contribution is -0.117. The molecule has 25 heavy (non-hydrogen) atoms. The maximum Gasteiger partial charge on any atom is 0.240 e. The average molecular weight is 366 g/mol. The molecule has 0 aromatic carbocycles. The first kappa shape index (κ1) is 18.7. The molecule has 0 unspecified atom stereocenters. The summed E-state index contributed by atoms with van der Waals surface area (Å²) in [6, 6.07) is 0.779. The van der Waals surface area contributed by atoms with E-state index in [1.165, 1.54) is 50.0 Å². The van der Waals surface area contributed by atoms with Gasteiger partial charge in [0.05, 0.1) is 6.54 Å². The number of hydrogen-bond acceptors (Lipinski definition) is 6. The summed E-state index contributed by atoms with van der Waals surface area (Å²) in [7, 11) is 0. The normalized spacial score (nSPS) is 21.2. The van der Waals surface area contributed by atoms with E-state index < -0.39 is 0 Å². The third-order valence-corrected chi connectivity index (χ3v) is 6.16. The van der Waals surface area contributed by atoms with Crippen LogP contribution in [0.5, 0.6) is 0 Å². The standard InChI is InChI=1S/C18H31N5OS/c1-2-7-17-20-21-18(25-17)19-16(24)14-22-10-6-11-23(13-12-22)15-8-4-3-5-9-15/h15H,2-14H2,1H3,(H,19,21,24). The molecule has 2 fully saturated rings. The van der Waals surface area contributed by atoms with E-state index in [1.807, 2.05) is 0 Å². The lowest BCUT2D eigenvalue weighted by atomic mass is 9.94. The summed E-state index contributed by atoms with van der Waals surface area (Å²) in [5.74, 6) is 0.0327. The van der Waals surface area contributed by atoms with Gasteiger partial charge in [0.15, 0.2) is 0 Å². The van der Waals surface area contributed by atoms with Gasteiger partial charge in [-0.1, -0.05) is 37.5 Å². The van der Waals surface area contributed by atoms with Gasteiger partial charge >= 0.3 is 0 Å². The first-order chi connectivity index (χ1) is 12.2. The highest BCUT2D eigenvalue weighted by Gasteiger charge is 2.24. The molecule has 0 radical (unpaired) electrons. The fourth-order valence-electron chi connectivity index (χ4n) is 3.94. The summed E-state index contributed by atoms with van der Waals surface area (Å²) in [6.07, 6.45) is 10.0. The van der Waals surface area contributed by atoms with Crippen molar-refractivity contribution in [2.45, 2.75) is 64.3 Å². The van der Waals surface area contributed by atoms with Crippen molar-refractivity contribution in [3.63, 3.8) is 0 Å². The average Bonchev–Trinajstić information content (AvgIpc) is 2.92. The van der Waals surface area contributed by atoms with E-state index in [0.29, 0.717) is 11.7 Å². The molecular weight excluding hydrogens is 334 g/mol. The van der Waals surface area contributed by atoms with Crippen molar-refractivity contribution in [1.29, 1.82) is 0 Å². The molecule has 6 nitrogen and oxygen atoms in total. The van der Waals surface area contributed by atoms with Crippen molar-refractivity contribution in [2.24, 2.45) is 0 Å². The van der Waals surface area contributed by atoms with Gasteiger partial charge in [-0.05, 0) is 38.8 Å². The molecule has 7 heteroatoms. The van der Waals surface area contributed by atoms with Crippen LogP contribution in [0.15, 0.2) is 0 Å². The number of aryl methyl sites for hydroxylation is 1. The van der Waals surface area contributed by atoms with Crippen LogP contribution >= 0.6 is 11.3 Å². The van der Waals surface area contributed by atoms with Crippen LogP contribution in [-0.4, -0.2) is 64.7 Å². The third-order valence-electron chi connectivity index (χ3n) is 5.26. The number of aromatic nitrogens is 2. The summed E-state index contributed by atoms with van der Waals surface area (Å²) in [5, 5.41) is 12.7. The molecule has 140 valence electrons. The van der Waals surface area contributed by atoms with Crippen LogP contribution in [0.25, 0.3) is 0 Å². The molecule has 1 saturated heterocycles. The molecule has 2 aliphatic rings. The molecule has 0 bridgehead atoms. The number of nitrogens with zero attached hydrogens (tertiary/aromatic N) is 4. The molecule has 1 aromatic rings. The van der Waals surface area contributed by atoms with Gasteiger partial charge < -0.3 is 0 Å². The van der Waals surface area contributed by atoms with Gasteiger partial charge in [-0.15, -0.1) is 10.2 Å². The Morgan fingerprint density at radius 3 is 2.76 bits per heavy atom. The minimum Gasteiger partial charge on any atom is -0.299 e. The Morgan fingerprint density at radius 2 is 1.96 bits per heavy atom. The Labute approximate surface area is 155 Å². The minimum atomic E-state index is 0.0327. The fourth-order valence-corrected chi connectivity index (χ4v) is 4.80. The second-order valence-corrected chi connectivity index (χ2v) is 8.32. The predicted molar refractivity (Wildman–Crippen MR) is 102 cm³/mol. The Balaban J connectivity index is 1.43. The van der Waals surface area contributed by atoms with Crippen molar-refractivity contribution >= 4 is 22.4 Å². The zero-order valence-electron chi connectivity index (χ0n) is 15.4. The Morgan fingerprint density at radius 1 is 1.12 bits per heavy atom. The molecule has 1 saturated carbocycles. The summed E-state index contributed by atoms with van der Waals surface area (Å²) < 4.78 is 0. The molecule has 1 amide bonds. The lowest BCUT2D eigenvalue weighted by Gasteiger charge is -2.33. The number of amides is 1. The van der Waals surface area contributed by atoms with E-state index in [4.69, 9.17) is 0 Å². The van der Waals surface area contributed by atoms with Crippen LogP contribution in [0.2, 0.25) is 0 Å². The Hall–Kier alpha value is -1.05. The van der Waals surface area contributed by atoms with E-state index in [0.717, 1.165) is 49.9 Å². The van der Waals surface area contributed by atoms with Crippen molar-refractivity contribution < 1.29 is 4.79 Å². The summed E-state index contributed by atoms with van der Waals surface area (Å²) >= 11 is 1.49. The maximum absolute atomic E-state index is 12.3. The quantitative estimate of drug-likeness (QED) is 0.840. The predicted octanol–water partition coefficient (Wildman–Crippen LogP) is 2.77. The molecular formula is C18H31N5OS. The van der Waals surface area contributed by atoms with Crippen LogP contribution in [0.1, 0.15) is 56.9 Å². The maximum atomic E-state index is 12.3. The molecule has 3 rings (SSSR count). The summed E-state index contributed by atoms with van der Waals surface area (Å²) in [5.41, 5.74) is 0. The zero-order valence-corrected chi connectivity index (χ0v) is 16.2. The lowest BCUT2D eigenvalue weighted by Crippen LogP contribution is -2.40. The van der Waals surface area contributed by atoms with Crippen LogP contribution in [0.4, 0.5) is 5.13 Å². The van der Waals surface area contributed by atoms with Gasteiger partial charge in [0.2, 0.25) is 11.0 Å². The highest BCUT2D eigenvalue weighted by atomic mass is 32.1. The number of hydrogen-bond donors (Lipinski definition) is 1. The van der Waals surface area contributed by atoms with Gasteiger partial charge in [0.1, 0.15) is 5.01 Å². The Kier molecular flexibility index (Phi) is 7.19. The molecule has 2 heterocycles. The molecule has 1 aliphatic carbocycles. The van der Waals surface area contributed by atoms with Crippen molar-refractivity contribution in [3.05, 3.63) is 5.01 Å². The SMILES string of the molecule is CCCc1nnc(NC(=O)CN2CCCN(C3CCCCC3)CC2)s1. The van der Waals surface area contributed by atoms with E-state index >= 15 is 0 Å². The molecule has 1 N–H and O–H groups in total. The zero-order chi connectivity index (χ0) is 17.5. The van der Waals surface area contributed by atoms with Crippen LogP contribution in [-0.2, 0) is 11.2 Å². The number of carbonyl (C=O) groups excluding carboxylic acids is 1. The van der Waals surface area contributed by atoms with Gasteiger partial charge in [-0.2, -0.15) is 0 Å².